The second kappa shape index (κ2) is 14.7. The van der Waals surface area contributed by atoms with Crippen LogP contribution < -0.4 is 39.4 Å². The van der Waals surface area contributed by atoms with E-state index in [1.165, 1.54) is 23.4 Å². The van der Waals surface area contributed by atoms with Gasteiger partial charge in [-0.05, 0) is 61.2 Å². The third-order valence-corrected chi connectivity index (χ3v) is 6.59. The Morgan fingerprint density at radius 3 is 2.42 bits per heavy atom. The van der Waals surface area contributed by atoms with Gasteiger partial charge in [0, 0.05) is 10.6 Å². The number of hydrogen-bond donors (Lipinski definition) is 0. The van der Waals surface area contributed by atoms with Gasteiger partial charge in [0.15, 0.2) is 0 Å². The zero-order valence-electron chi connectivity index (χ0n) is 18.3. The summed E-state index contributed by atoms with van der Waals surface area (Å²) in [6, 6.07) is 19.3. The van der Waals surface area contributed by atoms with Gasteiger partial charge in [0.25, 0.3) is 0 Å². The van der Waals surface area contributed by atoms with E-state index in [1.54, 1.807) is 18.2 Å². The number of thioether (sulfide) groups is 1. The van der Waals surface area contributed by atoms with Crippen LogP contribution in [0.3, 0.4) is 0 Å². The Balaban J connectivity index is 0.00000385. The van der Waals surface area contributed by atoms with Gasteiger partial charge in [-0.3, -0.25) is 0 Å². The quantitative estimate of drug-likeness (QED) is 0.172. The molecule has 3 aromatic rings. The summed E-state index contributed by atoms with van der Waals surface area (Å²) in [7, 11) is 0. The van der Waals surface area contributed by atoms with Gasteiger partial charge >= 0.3 is 29.6 Å². The summed E-state index contributed by atoms with van der Waals surface area (Å²) in [6.07, 6.45) is 5.20. The summed E-state index contributed by atoms with van der Waals surface area (Å²) in [5.74, 6) is -0.234. The standard InChI is InChI=1S/C25H23Cl2NO3S.Na/c26-20-10-6-11-21(27)25(20)32-17-19-12-14-23(22(28-19)13-15-24(29)30)31-16-5-4-9-18-7-2-1-3-8-18;/h1-3,6-8,10-15H,4-5,9,16-17H2,(H,29,30);/q;+1/p-1/b15-13+;. The SMILES string of the molecule is O=C([O-])/C=C/c1nc(CSc2c(Cl)cccc2Cl)ccc1OCCCCc1ccccc1.[Na+]. The molecule has 3 rings (SSSR count). The Labute approximate surface area is 230 Å². The van der Waals surface area contributed by atoms with Crippen LogP contribution in [-0.2, 0) is 17.0 Å². The Morgan fingerprint density at radius 1 is 1.00 bits per heavy atom. The molecular formula is C25H22Cl2NNaO3S. The third-order valence-electron chi connectivity index (χ3n) is 4.56. The number of carbonyl (C=O) groups excluding carboxylic acids is 1. The van der Waals surface area contributed by atoms with Gasteiger partial charge < -0.3 is 14.6 Å². The molecule has 166 valence electrons. The van der Waals surface area contributed by atoms with Crippen molar-refractivity contribution >= 4 is 47.0 Å². The third kappa shape index (κ3) is 9.36. The summed E-state index contributed by atoms with van der Waals surface area (Å²) in [5, 5.41) is 12.0. The van der Waals surface area contributed by atoms with E-state index in [1.807, 2.05) is 30.3 Å². The molecule has 1 heterocycles. The molecule has 0 N–H and O–H groups in total. The number of nitrogens with zero attached hydrogens (tertiary/aromatic N) is 1. The molecule has 0 aliphatic heterocycles. The largest absolute Gasteiger partial charge is 1.00 e. The summed E-state index contributed by atoms with van der Waals surface area (Å²) < 4.78 is 5.89. The van der Waals surface area contributed by atoms with Crippen LogP contribution in [0.2, 0.25) is 10.0 Å². The first kappa shape index (κ1) is 27.8. The van der Waals surface area contributed by atoms with E-state index < -0.39 is 5.97 Å². The average molecular weight is 510 g/mol. The number of carbonyl (C=O) groups is 1. The fraction of sp³-hybridized carbons (Fsp3) is 0.200. The van der Waals surface area contributed by atoms with E-state index in [2.05, 4.69) is 17.1 Å². The van der Waals surface area contributed by atoms with Gasteiger partial charge in [-0.15, -0.1) is 11.8 Å². The smallest absolute Gasteiger partial charge is 0.545 e. The molecule has 0 saturated heterocycles. The normalized spacial score (nSPS) is 10.7. The first-order valence-corrected chi connectivity index (χ1v) is 11.9. The summed E-state index contributed by atoms with van der Waals surface area (Å²) >= 11 is 13.9. The van der Waals surface area contributed by atoms with Crippen LogP contribution >= 0.6 is 35.0 Å². The monoisotopic (exact) mass is 509 g/mol. The van der Waals surface area contributed by atoms with Gasteiger partial charge in [0.2, 0.25) is 0 Å². The molecule has 0 fully saturated rings. The van der Waals surface area contributed by atoms with E-state index in [-0.39, 0.29) is 29.6 Å². The maximum atomic E-state index is 10.9. The molecular weight excluding hydrogens is 488 g/mol. The number of carboxylic acid groups (broad SMARTS) is 1. The molecule has 4 nitrogen and oxygen atoms in total. The predicted octanol–water partition coefficient (Wildman–Crippen LogP) is 2.85. The molecule has 2 aromatic carbocycles. The van der Waals surface area contributed by atoms with Gasteiger partial charge in [0.1, 0.15) is 11.4 Å². The number of unbranched alkanes of at least 4 members (excludes halogenated alkanes) is 1. The molecule has 0 saturated carbocycles. The second-order valence-corrected chi connectivity index (χ2v) is 8.77. The van der Waals surface area contributed by atoms with E-state index in [0.29, 0.717) is 33.8 Å². The van der Waals surface area contributed by atoms with E-state index in [4.69, 9.17) is 27.9 Å². The molecule has 0 amide bonds. The van der Waals surface area contributed by atoms with Crippen LogP contribution in [0.15, 0.2) is 71.6 Å². The van der Waals surface area contributed by atoms with Crippen LogP contribution in [0.25, 0.3) is 6.08 Å². The predicted molar refractivity (Wildman–Crippen MR) is 129 cm³/mol. The first-order chi connectivity index (χ1) is 15.5. The number of carboxylic acids is 1. The Kier molecular flexibility index (Phi) is 12.4. The van der Waals surface area contributed by atoms with E-state index in [0.717, 1.165) is 35.9 Å². The number of halogens is 2. The van der Waals surface area contributed by atoms with Crippen molar-refractivity contribution in [3.8, 4) is 5.75 Å². The Hall–Kier alpha value is -1.47. The molecule has 0 aliphatic rings. The Morgan fingerprint density at radius 2 is 1.73 bits per heavy atom. The van der Waals surface area contributed by atoms with E-state index in [9.17, 15) is 9.90 Å². The first-order valence-electron chi connectivity index (χ1n) is 10.2. The fourth-order valence-electron chi connectivity index (χ4n) is 3.00. The van der Waals surface area contributed by atoms with Crippen LogP contribution in [0.4, 0.5) is 0 Å². The number of rotatable bonds is 11. The van der Waals surface area contributed by atoms with Gasteiger partial charge in [0.05, 0.1) is 28.3 Å². The molecule has 0 spiro atoms. The number of aryl methyl sites for hydroxylation is 1. The Bertz CT molecular complexity index is 1060. The number of benzene rings is 2. The average Bonchev–Trinajstić information content (AvgIpc) is 2.78. The number of ether oxygens (including phenoxy) is 1. The van der Waals surface area contributed by atoms with Crippen molar-refractivity contribution in [2.45, 2.75) is 29.9 Å². The molecule has 1 aromatic heterocycles. The van der Waals surface area contributed by atoms with Crippen LogP contribution in [0, 0.1) is 0 Å². The maximum absolute atomic E-state index is 10.9. The van der Waals surface area contributed by atoms with Gasteiger partial charge in [-0.1, -0.05) is 59.6 Å². The fourth-order valence-corrected chi connectivity index (χ4v) is 4.59. The maximum Gasteiger partial charge on any atom is 1.00 e. The van der Waals surface area contributed by atoms with Crippen molar-refractivity contribution in [3.63, 3.8) is 0 Å². The molecule has 33 heavy (non-hydrogen) atoms. The number of pyridine rings is 1. The zero-order chi connectivity index (χ0) is 22.8. The topological polar surface area (TPSA) is 62.2 Å². The van der Waals surface area contributed by atoms with Gasteiger partial charge in [-0.25, -0.2) is 4.98 Å². The number of aromatic nitrogens is 1. The molecule has 0 aliphatic carbocycles. The summed E-state index contributed by atoms with van der Waals surface area (Å²) in [6.45, 7) is 0.518. The molecule has 8 heteroatoms. The number of hydrogen-bond acceptors (Lipinski definition) is 5. The minimum Gasteiger partial charge on any atom is -0.545 e. The van der Waals surface area contributed by atoms with E-state index >= 15 is 0 Å². The van der Waals surface area contributed by atoms with Crippen molar-refractivity contribution < 1.29 is 44.2 Å². The summed E-state index contributed by atoms with van der Waals surface area (Å²) in [5.41, 5.74) is 2.49. The minimum absolute atomic E-state index is 0. The van der Waals surface area contributed by atoms with Crippen LogP contribution in [0.1, 0.15) is 29.8 Å². The van der Waals surface area contributed by atoms with Crippen LogP contribution in [-0.4, -0.2) is 17.6 Å². The van der Waals surface area contributed by atoms with Crippen molar-refractivity contribution in [2.75, 3.05) is 6.61 Å². The zero-order valence-corrected chi connectivity index (χ0v) is 22.6. The van der Waals surface area contributed by atoms with Crippen molar-refractivity contribution in [3.05, 3.63) is 93.7 Å². The molecule has 0 bridgehead atoms. The number of aliphatic carboxylic acids is 1. The van der Waals surface area contributed by atoms with Crippen molar-refractivity contribution in [2.24, 2.45) is 0 Å². The van der Waals surface area contributed by atoms with Crippen molar-refractivity contribution in [1.82, 2.24) is 4.98 Å². The minimum atomic E-state index is -1.29. The summed E-state index contributed by atoms with van der Waals surface area (Å²) in [4.78, 5) is 16.2. The van der Waals surface area contributed by atoms with Gasteiger partial charge in [-0.2, -0.15) is 0 Å². The molecule has 0 unspecified atom stereocenters. The van der Waals surface area contributed by atoms with Crippen LogP contribution in [0.5, 0.6) is 5.75 Å². The molecule has 0 atom stereocenters. The molecule has 0 radical (unpaired) electrons. The second-order valence-electron chi connectivity index (χ2n) is 6.97. The van der Waals surface area contributed by atoms with Crippen molar-refractivity contribution in [1.29, 1.82) is 0 Å².